The van der Waals surface area contributed by atoms with E-state index in [1.165, 1.54) is 4.90 Å². The lowest BCUT2D eigenvalue weighted by molar-refractivity contribution is -0.145. The van der Waals surface area contributed by atoms with Crippen molar-refractivity contribution in [1.82, 2.24) is 10.2 Å². The molecule has 0 aliphatic heterocycles. The summed E-state index contributed by atoms with van der Waals surface area (Å²) in [5.74, 6) is -0.994. The van der Waals surface area contributed by atoms with Crippen LogP contribution in [0.5, 0.6) is 0 Å². The number of ether oxygens (including phenoxy) is 1. The molecule has 18 heavy (non-hydrogen) atoms. The zero-order valence-corrected chi connectivity index (χ0v) is 12.0. The highest BCUT2D eigenvalue weighted by atomic mass is 16.5. The molecule has 0 aromatic rings. The van der Waals surface area contributed by atoms with Gasteiger partial charge in [-0.3, -0.25) is 9.59 Å². The standard InChI is InChI=1S/C13H26N2O3/c1-5-6-9-15(4)13(17)12(16)14-8-7-10-18-11(2)3/h11H,5-10H2,1-4H3,(H,14,16). The molecule has 0 aromatic heterocycles. The molecule has 1 N–H and O–H groups in total. The van der Waals surface area contributed by atoms with Crippen molar-refractivity contribution in [2.24, 2.45) is 0 Å². The van der Waals surface area contributed by atoms with E-state index in [0.717, 1.165) is 19.3 Å². The predicted octanol–water partition coefficient (Wildman–Crippen LogP) is 1.18. The van der Waals surface area contributed by atoms with Gasteiger partial charge in [-0.05, 0) is 26.7 Å². The number of likely N-dealkylation sites (N-methyl/N-ethyl adjacent to an activating group) is 1. The van der Waals surface area contributed by atoms with E-state index in [1.807, 2.05) is 20.8 Å². The Labute approximate surface area is 110 Å². The lowest BCUT2D eigenvalue weighted by Crippen LogP contribution is -2.41. The summed E-state index contributed by atoms with van der Waals surface area (Å²) in [4.78, 5) is 24.6. The highest BCUT2D eigenvalue weighted by Gasteiger charge is 2.17. The fraction of sp³-hybridized carbons (Fsp3) is 0.846. The van der Waals surface area contributed by atoms with E-state index >= 15 is 0 Å². The Kier molecular flexibility index (Phi) is 9.28. The maximum absolute atomic E-state index is 11.6. The molecule has 5 nitrogen and oxygen atoms in total. The molecular formula is C13H26N2O3. The minimum atomic E-state index is -0.529. The number of nitrogens with zero attached hydrogens (tertiary/aromatic N) is 1. The second-order valence-electron chi connectivity index (χ2n) is 4.61. The molecule has 0 fully saturated rings. The monoisotopic (exact) mass is 258 g/mol. The lowest BCUT2D eigenvalue weighted by atomic mass is 10.3. The lowest BCUT2D eigenvalue weighted by Gasteiger charge is -2.16. The van der Waals surface area contributed by atoms with Crippen LogP contribution in [0.4, 0.5) is 0 Å². The van der Waals surface area contributed by atoms with Crippen LogP contribution in [0.3, 0.4) is 0 Å². The zero-order chi connectivity index (χ0) is 14.0. The highest BCUT2D eigenvalue weighted by Crippen LogP contribution is 1.93. The molecule has 0 spiro atoms. The summed E-state index contributed by atoms with van der Waals surface area (Å²) >= 11 is 0. The Bertz CT molecular complexity index is 255. The molecule has 0 saturated heterocycles. The van der Waals surface area contributed by atoms with Crippen molar-refractivity contribution in [3.05, 3.63) is 0 Å². The first kappa shape index (κ1) is 16.9. The number of unbranched alkanes of at least 4 members (excludes halogenated alkanes) is 1. The van der Waals surface area contributed by atoms with Gasteiger partial charge in [0.25, 0.3) is 0 Å². The van der Waals surface area contributed by atoms with Gasteiger partial charge in [0.2, 0.25) is 0 Å². The third-order valence-electron chi connectivity index (χ3n) is 2.45. The predicted molar refractivity (Wildman–Crippen MR) is 71.3 cm³/mol. The smallest absolute Gasteiger partial charge is 0.311 e. The third kappa shape index (κ3) is 8.06. The van der Waals surface area contributed by atoms with E-state index in [-0.39, 0.29) is 6.10 Å². The van der Waals surface area contributed by atoms with E-state index in [0.29, 0.717) is 19.7 Å². The van der Waals surface area contributed by atoms with Crippen molar-refractivity contribution in [2.75, 3.05) is 26.7 Å². The molecule has 5 heteroatoms. The number of hydrogen-bond donors (Lipinski definition) is 1. The van der Waals surface area contributed by atoms with Crippen molar-refractivity contribution in [3.63, 3.8) is 0 Å². The van der Waals surface area contributed by atoms with Gasteiger partial charge < -0.3 is 15.0 Å². The Morgan fingerprint density at radius 2 is 1.94 bits per heavy atom. The van der Waals surface area contributed by atoms with Crippen LogP contribution in [0.25, 0.3) is 0 Å². The van der Waals surface area contributed by atoms with Crippen LogP contribution in [-0.2, 0) is 14.3 Å². The maximum atomic E-state index is 11.6. The topological polar surface area (TPSA) is 58.6 Å². The summed E-state index contributed by atoms with van der Waals surface area (Å²) in [7, 11) is 1.65. The van der Waals surface area contributed by atoms with Crippen LogP contribution in [0.15, 0.2) is 0 Å². The van der Waals surface area contributed by atoms with Gasteiger partial charge in [-0.15, -0.1) is 0 Å². The van der Waals surface area contributed by atoms with Gasteiger partial charge >= 0.3 is 11.8 Å². The van der Waals surface area contributed by atoms with Crippen LogP contribution in [0, 0.1) is 0 Å². The number of nitrogens with one attached hydrogen (secondary N) is 1. The zero-order valence-electron chi connectivity index (χ0n) is 12.0. The Morgan fingerprint density at radius 3 is 2.50 bits per heavy atom. The van der Waals surface area contributed by atoms with E-state index in [2.05, 4.69) is 5.32 Å². The second kappa shape index (κ2) is 9.88. The molecule has 0 bridgehead atoms. The van der Waals surface area contributed by atoms with E-state index < -0.39 is 11.8 Å². The third-order valence-corrected chi connectivity index (χ3v) is 2.45. The second-order valence-corrected chi connectivity index (χ2v) is 4.61. The van der Waals surface area contributed by atoms with Crippen LogP contribution in [0.1, 0.15) is 40.0 Å². The van der Waals surface area contributed by atoms with E-state index in [4.69, 9.17) is 4.74 Å². The van der Waals surface area contributed by atoms with E-state index in [1.54, 1.807) is 7.05 Å². The van der Waals surface area contributed by atoms with Crippen LogP contribution < -0.4 is 5.32 Å². The van der Waals surface area contributed by atoms with Crippen molar-refractivity contribution < 1.29 is 14.3 Å². The number of hydrogen-bond acceptors (Lipinski definition) is 3. The molecule has 0 radical (unpaired) electrons. The maximum Gasteiger partial charge on any atom is 0.311 e. The molecular weight excluding hydrogens is 232 g/mol. The normalized spacial score (nSPS) is 10.5. The summed E-state index contributed by atoms with van der Waals surface area (Å²) in [5.41, 5.74) is 0. The van der Waals surface area contributed by atoms with Gasteiger partial charge in [0, 0.05) is 26.7 Å². The summed E-state index contributed by atoms with van der Waals surface area (Å²) < 4.78 is 5.34. The van der Waals surface area contributed by atoms with Crippen molar-refractivity contribution in [2.45, 2.75) is 46.1 Å². The fourth-order valence-electron chi connectivity index (χ4n) is 1.34. The summed E-state index contributed by atoms with van der Waals surface area (Å²) in [6.45, 7) is 7.67. The molecule has 0 aromatic carbocycles. The van der Waals surface area contributed by atoms with Crippen LogP contribution in [0.2, 0.25) is 0 Å². The summed E-state index contributed by atoms with van der Waals surface area (Å²) in [5, 5.41) is 2.60. The van der Waals surface area contributed by atoms with Gasteiger partial charge in [0.1, 0.15) is 0 Å². The molecule has 2 amide bonds. The molecule has 0 aliphatic rings. The summed E-state index contributed by atoms with van der Waals surface area (Å²) in [6, 6.07) is 0. The average Bonchev–Trinajstić information content (AvgIpc) is 2.33. The van der Waals surface area contributed by atoms with Crippen molar-refractivity contribution in [3.8, 4) is 0 Å². The number of carbonyl (C=O) groups excluding carboxylic acids is 2. The molecule has 0 aliphatic carbocycles. The van der Waals surface area contributed by atoms with Gasteiger partial charge in [-0.2, -0.15) is 0 Å². The first-order chi connectivity index (χ1) is 8.49. The SMILES string of the molecule is CCCCN(C)C(=O)C(=O)NCCCOC(C)C. The first-order valence-electron chi connectivity index (χ1n) is 6.64. The van der Waals surface area contributed by atoms with Gasteiger partial charge in [0.05, 0.1) is 6.10 Å². The Hall–Kier alpha value is -1.10. The first-order valence-corrected chi connectivity index (χ1v) is 6.64. The molecule has 0 saturated carbocycles. The van der Waals surface area contributed by atoms with Gasteiger partial charge in [0.15, 0.2) is 0 Å². The average molecular weight is 258 g/mol. The molecule has 0 heterocycles. The highest BCUT2D eigenvalue weighted by molar-refractivity contribution is 6.34. The van der Waals surface area contributed by atoms with E-state index in [9.17, 15) is 9.59 Å². The minimum absolute atomic E-state index is 0.197. The Balaban J connectivity index is 3.71. The molecule has 0 rings (SSSR count). The fourth-order valence-corrected chi connectivity index (χ4v) is 1.34. The van der Waals surface area contributed by atoms with Crippen molar-refractivity contribution >= 4 is 11.8 Å². The number of rotatable bonds is 8. The van der Waals surface area contributed by atoms with Crippen molar-refractivity contribution in [1.29, 1.82) is 0 Å². The largest absolute Gasteiger partial charge is 0.379 e. The van der Waals surface area contributed by atoms with Gasteiger partial charge in [-0.25, -0.2) is 0 Å². The number of amides is 2. The van der Waals surface area contributed by atoms with Crippen LogP contribution >= 0.6 is 0 Å². The quantitative estimate of drug-likeness (QED) is 0.525. The summed E-state index contributed by atoms with van der Waals surface area (Å²) in [6.07, 6.45) is 2.84. The van der Waals surface area contributed by atoms with Gasteiger partial charge in [-0.1, -0.05) is 13.3 Å². The Morgan fingerprint density at radius 1 is 1.28 bits per heavy atom. The molecule has 106 valence electrons. The number of carbonyl (C=O) groups is 2. The minimum Gasteiger partial charge on any atom is -0.379 e. The molecule has 0 unspecified atom stereocenters. The van der Waals surface area contributed by atoms with Crippen LogP contribution in [-0.4, -0.2) is 49.6 Å². The molecule has 0 atom stereocenters.